The zero-order valence-corrected chi connectivity index (χ0v) is 19.4. The maximum atomic E-state index is 10.7. The molecule has 3 rings (SSSR count). The molecule has 30 heavy (non-hydrogen) atoms. The van der Waals surface area contributed by atoms with Crippen LogP contribution in [-0.4, -0.2) is 15.9 Å². The first-order valence-corrected chi connectivity index (χ1v) is 9.43. The maximum Gasteiger partial charge on any atom is 0.155 e. The van der Waals surface area contributed by atoms with E-state index in [4.69, 9.17) is 0 Å². The molecule has 1 N–H and O–H groups in total. The molecule has 0 aliphatic rings. The van der Waals surface area contributed by atoms with Gasteiger partial charge in [0.1, 0.15) is 0 Å². The van der Waals surface area contributed by atoms with Crippen LogP contribution in [0.3, 0.4) is 0 Å². The Morgan fingerprint density at radius 3 is 2.30 bits per heavy atom. The van der Waals surface area contributed by atoms with E-state index in [-0.39, 0.29) is 31.6 Å². The second-order valence-electron chi connectivity index (χ2n) is 6.56. The Morgan fingerprint density at radius 1 is 1.07 bits per heavy atom. The molecule has 0 aliphatic carbocycles. The van der Waals surface area contributed by atoms with Crippen LogP contribution in [0.4, 0.5) is 0 Å². The van der Waals surface area contributed by atoms with Crippen LogP contribution in [0.25, 0.3) is 17.3 Å². The number of pyridine rings is 1. The van der Waals surface area contributed by atoms with Gasteiger partial charge in [-0.2, -0.15) is 18.6 Å². The van der Waals surface area contributed by atoms with Gasteiger partial charge in [0.25, 0.3) is 0 Å². The Bertz CT molecular complexity index is 964. The third-order valence-electron chi connectivity index (χ3n) is 4.21. The van der Waals surface area contributed by atoms with Gasteiger partial charge in [0.2, 0.25) is 0 Å². The zero-order chi connectivity index (χ0) is 21.1. The normalized spacial score (nSPS) is 10.2. The topological polar surface area (TPSA) is 50.2 Å². The van der Waals surface area contributed by atoms with Gasteiger partial charge >= 0.3 is 0 Å². The quantitative estimate of drug-likeness (QED) is 0.215. The molecule has 2 aromatic carbocycles. The third-order valence-corrected chi connectivity index (χ3v) is 4.21. The van der Waals surface area contributed by atoms with Gasteiger partial charge in [-0.25, -0.2) is 0 Å². The summed E-state index contributed by atoms with van der Waals surface area (Å²) < 4.78 is 0. The first-order valence-electron chi connectivity index (χ1n) is 9.43. The van der Waals surface area contributed by atoms with Crippen molar-refractivity contribution in [3.8, 4) is 11.3 Å². The molecule has 0 amide bonds. The summed E-state index contributed by atoms with van der Waals surface area (Å²) in [5.74, 6) is 0.0137. The minimum Gasteiger partial charge on any atom is -0.512 e. The minimum atomic E-state index is -0.125. The Hall–Kier alpha value is -2.94. The molecule has 1 aromatic heterocycles. The number of hydrogen-bond acceptors (Lipinski definition) is 3. The van der Waals surface area contributed by atoms with Gasteiger partial charge in [0.15, 0.2) is 5.78 Å². The first-order chi connectivity index (χ1) is 14.0. The zero-order valence-electron chi connectivity index (χ0n) is 17.0. The fraction of sp³-hybridized carbons (Fsp3) is 0.115. The SMILES string of the molecule is C=Cc1ccc(CCC(O)=CC(C)=O)cc1.[CH2-]c1ccccc1-c1ccccn1.[Ir]. The fourth-order valence-electron chi connectivity index (χ4n) is 2.69. The predicted octanol–water partition coefficient (Wildman–Crippen LogP) is 6.22. The number of hydrogen-bond donors (Lipinski definition) is 1. The van der Waals surface area contributed by atoms with E-state index >= 15 is 0 Å². The second-order valence-corrected chi connectivity index (χ2v) is 6.56. The van der Waals surface area contributed by atoms with Crippen molar-refractivity contribution >= 4 is 11.9 Å². The summed E-state index contributed by atoms with van der Waals surface area (Å²) >= 11 is 0. The Balaban J connectivity index is 0.000000295. The van der Waals surface area contributed by atoms with Crippen molar-refractivity contribution in [1.82, 2.24) is 4.98 Å². The molecule has 157 valence electrons. The van der Waals surface area contributed by atoms with Gasteiger partial charge < -0.3 is 5.11 Å². The minimum absolute atomic E-state index is 0. The van der Waals surface area contributed by atoms with Crippen molar-refractivity contribution < 1.29 is 30.0 Å². The molecule has 1 radical (unpaired) electrons. The van der Waals surface area contributed by atoms with Gasteiger partial charge in [-0.1, -0.05) is 49.1 Å². The van der Waals surface area contributed by atoms with E-state index < -0.39 is 0 Å². The van der Waals surface area contributed by atoms with Crippen LogP contribution in [0, 0.1) is 6.92 Å². The monoisotopic (exact) mass is 577 g/mol. The number of aromatic nitrogens is 1. The van der Waals surface area contributed by atoms with Crippen molar-refractivity contribution in [3.05, 3.63) is 115 Å². The van der Waals surface area contributed by atoms with Crippen LogP contribution in [-0.2, 0) is 31.3 Å². The average molecular weight is 577 g/mol. The standard InChI is InChI=1S/C14H16O2.C12H10N.Ir/c1-3-12-4-6-13(7-5-12)8-9-14(16)10-11(2)15;1-10-6-2-3-7-11(10)12-8-4-5-9-13-12;/h3-7,10,16H,1,8-9H2,2H3;2-9H,1H2;/q;-1;. The predicted molar refractivity (Wildman–Crippen MR) is 120 cm³/mol. The second kappa shape index (κ2) is 13.3. The maximum absolute atomic E-state index is 10.7. The molecular formula is C26H26IrNO2-. The molecule has 1 heterocycles. The number of aliphatic hydroxyl groups is 1. The molecule has 0 saturated carbocycles. The van der Waals surface area contributed by atoms with Crippen molar-refractivity contribution in [3.63, 3.8) is 0 Å². The molecular weight excluding hydrogens is 551 g/mol. The summed E-state index contributed by atoms with van der Waals surface area (Å²) in [6.07, 6.45) is 6.07. The first kappa shape index (κ1) is 25.1. The summed E-state index contributed by atoms with van der Waals surface area (Å²) in [5.41, 5.74) is 5.30. The molecule has 0 unspecified atom stereocenters. The van der Waals surface area contributed by atoms with E-state index in [1.165, 1.54) is 13.0 Å². The van der Waals surface area contributed by atoms with Crippen LogP contribution in [0.15, 0.2) is 91.3 Å². The summed E-state index contributed by atoms with van der Waals surface area (Å²) in [4.78, 5) is 15.0. The Labute approximate surface area is 192 Å². The Kier molecular flexibility index (Phi) is 11.1. The van der Waals surface area contributed by atoms with Gasteiger partial charge in [-0.3, -0.25) is 9.78 Å². The van der Waals surface area contributed by atoms with Gasteiger partial charge in [-0.15, -0.1) is 17.7 Å². The van der Waals surface area contributed by atoms with Crippen LogP contribution in [0.1, 0.15) is 30.0 Å². The average Bonchev–Trinajstić information content (AvgIpc) is 2.73. The number of carbonyl (C=O) groups excluding carboxylic acids is 1. The summed E-state index contributed by atoms with van der Waals surface area (Å²) in [6.45, 7) is 9.06. The van der Waals surface area contributed by atoms with E-state index in [1.54, 1.807) is 12.3 Å². The number of carbonyl (C=O) groups is 1. The summed E-state index contributed by atoms with van der Waals surface area (Å²) in [6, 6.07) is 21.8. The number of ketones is 1. The van der Waals surface area contributed by atoms with Crippen molar-refractivity contribution in [2.24, 2.45) is 0 Å². The number of rotatable bonds is 6. The summed E-state index contributed by atoms with van der Waals surface area (Å²) in [5, 5.41) is 9.41. The van der Waals surface area contributed by atoms with Gasteiger partial charge in [-0.05, 0) is 36.6 Å². The molecule has 0 aliphatic heterocycles. The molecule has 3 nitrogen and oxygen atoms in total. The molecule has 0 fully saturated rings. The van der Waals surface area contributed by atoms with Gasteiger partial charge in [0, 0.05) is 44.5 Å². The van der Waals surface area contributed by atoms with E-state index in [9.17, 15) is 9.90 Å². The van der Waals surface area contributed by atoms with Crippen LogP contribution in [0.2, 0.25) is 0 Å². The number of aryl methyl sites for hydroxylation is 1. The number of nitrogens with zero attached hydrogens (tertiary/aromatic N) is 1. The van der Waals surface area contributed by atoms with E-state index in [0.717, 1.165) is 34.4 Å². The number of allylic oxidation sites excluding steroid dienone is 2. The van der Waals surface area contributed by atoms with Crippen LogP contribution < -0.4 is 0 Å². The molecule has 0 saturated heterocycles. The van der Waals surface area contributed by atoms with Crippen molar-refractivity contribution in [1.29, 1.82) is 0 Å². The fourth-order valence-corrected chi connectivity index (χ4v) is 2.69. The molecule has 0 bridgehead atoms. The molecule has 4 heteroatoms. The van der Waals surface area contributed by atoms with Crippen LogP contribution in [0.5, 0.6) is 0 Å². The van der Waals surface area contributed by atoms with Crippen LogP contribution >= 0.6 is 0 Å². The third kappa shape index (κ3) is 8.60. The van der Waals surface area contributed by atoms with Crippen molar-refractivity contribution in [2.45, 2.75) is 19.8 Å². The van der Waals surface area contributed by atoms with E-state index in [0.29, 0.717) is 6.42 Å². The molecule has 0 spiro atoms. The van der Waals surface area contributed by atoms with Gasteiger partial charge in [0.05, 0.1) is 5.76 Å². The largest absolute Gasteiger partial charge is 0.512 e. The van der Waals surface area contributed by atoms with Crippen molar-refractivity contribution in [2.75, 3.05) is 0 Å². The number of aliphatic hydroxyl groups excluding tert-OH is 1. The Morgan fingerprint density at radius 2 is 1.73 bits per heavy atom. The van der Waals surface area contributed by atoms with E-state index in [2.05, 4.69) is 18.5 Å². The van der Waals surface area contributed by atoms with E-state index in [1.807, 2.05) is 66.7 Å². The smallest absolute Gasteiger partial charge is 0.155 e. The summed E-state index contributed by atoms with van der Waals surface area (Å²) in [7, 11) is 0. The number of benzene rings is 2. The molecule has 3 aromatic rings. The molecule has 0 atom stereocenters.